The molecule has 1 N–H and O–H groups in total. The molecule has 2 aromatic heterocycles. The van der Waals surface area contributed by atoms with Gasteiger partial charge in [0.15, 0.2) is 5.82 Å². The van der Waals surface area contributed by atoms with Gasteiger partial charge in [0.2, 0.25) is 0 Å². The fourth-order valence-corrected chi connectivity index (χ4v) is 1.93. The molecule has 2 aromatic rings. The van der Waals surface area contributed by atoms with Crippen LogP contribution in [0.25, 0.3) is 11.5 Å². The molecular formula is C14H17N3O. The SMILES string of the molecule is CCc1cccnc1-c1ncc([C@H](C)O)c(C)n1. The van der Waals surface area contributed by atoms with E-state index >= 15 is 0 Å². The second kappa shape index (κ2) is 5.23. The third-order valence-electron chi connectivity index (χ3n) is 2.95. The second-order valence-corrected chi connectivity index (χ2v) is 4.28. The van der Waals surface area contributed by atoms with E-state index < -0.39 is 6.10 Å². The van der Waals surface area contributed by atoms with E-state index in [1.807, 2.05) is 19.1 Å². The van der Waals surface area contributed by atoms with Gasteiger partial charge in [-0.3, -0.25) is 4.98 Å². The van der Waals surface area contributed by atoms with E-state index in [0.717, 1.165) is 28.9 Å². The normalized spacial score (nSPS) is 12.4. The van der Waals surface area contributed by atoms with E-state index in [0.29, 0.717) is 5.82 Å². The average molecular weight is 243 g/mol. The highest BCUT2D eigenvalue weighted by Crippen LogP contribution is 2.21. The molecule has 94 valence electrons. The Bertz CT molecular complexity index is 552. The summed E-state index contributed by atoms with van der Waals surface area (Å²) in [6, 6.07) is 3.95. The van der Waals surface area contributed by atoms with Gasteiger partial charge in [0.1, 0.15) is 5.69 Å². The van der Waals surface area contributed by atoms with E-state index in [1.165, 1.54) is 0 Å². The maximum absolute atomic E-state index is 9.57. The number of aromatic nitrogens is 3. The lowest BCUT2D eigenvalue weighted by molar-refractivity contribution is 0.197. The second-order valence-electron chi connectivity index (χ2n) is 4.28. The predicted octanol–water partition coefficient (Wildman–Crippen LogP) is 2.46. The van der Waals surface area contributed by atoms with Gasteiger partial charge in [0.05, 0.1) is 6.10 Å². The minimum Gasteiger partial charge on any atom is -0.389 e. The first kappa shape index (κ1) is 12.6. The summed E-state index contributed by atoms with van der Waals surface area (Å²) < 4.78 is 0. The molecule has 1 atom stereocenters. The van der Waals surface area contributed by atoms with Crippen molar-refractivity contribution < 1.29 is 5.11 Å². The molecule has 0 spiro atoms. The Morgan fingerprint density at radius 3 is 2.72 bits per heavy atom. The maximum atomic E-state index is 9.57. The van der Waals surface area contributed by atoms with Gasteiger partial charge in [-0.2, -0.15) is 0 Å². The van der Waals surface area contributed by atoms with Crippen molar-refractivity contribution in [2.24, 2.45) is 0 Å². The van der Waals surface area contributed by atoms with Crippen LogP contribution in [0.1, 0.15) is 36.8 Å². The van der Waals surface area contributed by atoms with Crippen molar-refractivity contribution in [3.8, 4) is 11.5 Å². The summed E-state index contributed by atoms with van der Waals surface area (Å²) >= 11 is 0. The molecule has 0 bridgehead atoms. The van der Waals surface area contributed by atoms with Gasteiger partial charge in [0, 0.05) is 23.7 Å². The van der Waals surface area contributed by atoms with Crippen LogP contribution < -0.4 is 0 Å². The molecule has 18 heavy (non-hydrogen) atoms. The number of aliphatic hydroxyl groups excluding tert-OH is 1. The lowest BCUT2D eigenvalue weighted by Gasteiger charge is -2.10. The number of hydrogen-bond donors (Lipinski definition) is 1. The molecule has 0 amide bonds. The number of rotatable bonds is 3. The zero-order chi connectivity index (χ0) is 13.1. The summed E-state index contributed by atoms with van der Waals surface area (Å²) in [5, 5.41) is 9.57. The molecule has 0 aliphatic rings. The van der Waals surface area contributed by atoms with Gasteiger partial charge >= 0.3 is 0 Å². The lowest BCUT2D eigenvalue weighted by Crippen LogP contribution is -2.03. The Kier molecular flexibility index (Phi) is 3.67. The van der Waals surface area contributed by atoms with Crippen LogP contribution in [0.15, 0.2) is 24.5 Å². The standard InChI is InChI=1S/C14H17N3O/c1-4-11-6-5-7-15-13(11)14-16-8-12(10(3)18)9(2)17-14/h5-8,10,18H,4H2,1-3H3/t10-/m0/s1. The van der Waals surface area contributed by atoms with E-state index in [1.54, 1.807) is 19.3 Å². The predicted molar refractivity (Wildman–Crippen MR) is 70.0 cm³/mol. The van der Waals surface area contributed by atoms with Crippen molar-refractivity contribution in [3.05, 3.63) is 41.3 Å². The number of pyridine rings is 1. The first-order valence-corrected chi connectivity index (χ1v) is 6.09. The van der Waals surface area contributed by atoms with Crippen LogP contribution in [0, 0.1) is 6.92 Å². The lowest BCUT2D eigenvalue weighted by atomic mass is 10.1. The molecule has 0 saturated heterocycles. The molecule has 0 aliphatic heterocycles. The first-order chi connectivity index (χ1) is 8.63. The van der Waals surface area contributed by atoms with E-state index in [4.69, 9.17) is 0 Å². The van der Waals surface area contributed by atoms with Gasteiger partial charge in [-0.05, 0) is 31.9 Å². The molecule has 0 radical (unpaired) electrons. The molecule has 0 aromatic carbocycles. The summed E-state index contributed by atoms with van der Waals surface area (Å²) in [5.74, 6) is 0.620. The van der Waals surface area contributed by atoms with Gasteiger partial charge in [-0.15, -0.1) is 0 Å². The van der Waals surface area contributed by atoms with Crippen molar-refractivity contribution in [2.75, 3.05) is 0 Å². The molecule has 4 heteroatoms. The third-order valence-corrected chi connectivity index (χ3v) is 2.95. The molecule has 0 fully saturated rings. The number of aryl methyl sites for hydroxylation is 2. The molecule has 2 rings (SSSR count). The van der Waals surface area contributed by atoms with E-state index in [9.17, 15) is 5.11 Å². The minimum absolute atomic E-state index is 0.548. The van der Waals surface area contributed by atoms with Crippen LogP contribution in [0.3, 0.4) is 0 Å². The Morgan fingerprint density at radius 2 is 2.11 bits per heavy atom. The Labute approximate surface area is 107 Å². The first-order valence-electron chi connectivity index (χ1n) is 6.09. The molecule has 0 unspecified atom stereocenters. The van der Waals surface area contributed by atoms with Crippen molar-refractivity contribution in [2.45, 2.75) is 33.3 Å². The molecule has 0 aliphatic carbocycles. The topological polar surface area (TPSA) is 58.9 Å². The van der Waals surface area contributed by atoms with Gasteiger partial charge in [-0.25, -0.2) is 9.97 Å². The molecule has 4 nitrogen and oxygen atoms in total. The van der Waals surface area contributed by atoms with Crippen LogP contribution >= 0.6 is 0 Å². The fourth-order valence-electron chi connectivity index (χ4n) is 1.93. The monoisotopic (exact) mass is 243 g/mol. The zero-order valence-electron chi connectivity index (χ0n) is 10.9. The Hall–Kier alpha value is -1.81. The highest BCUT2D eigenvalue weighted by atomic mass is 16.3. The van der Waals surface area contributed by atoms with Crippen LogP contribution in [0.4, 0.5) is 0 Å². The van der Waals surface area contributed by atoms with Crippen molar-refractivity contribution >= 4 is 0 Å². The minimum atomic E-state index is -0.548. The summed E-state index contributed by atoms with van der Waals surface area (Å²) in [7, 11) is 0. The summed E-state index contributed by atoms with van der Waals surface area (Å²) in [4.78, 5) is 13.1. The van der Waals surface area contributed by atoms with Crippen LogP contribution in [0.5, 0.6) is 0 Å². The average Bonchev–Trinajstić information content (AvgIpc) is 2.38. The molecular weight excluding hydrogens is 226 g/mol. The fraction of sp³-hybridized carbons (Fsp3) is 0.357. The van der Waals surface area contributed by atoms with Crippen LogP contribution in [-0.2, 0) is 6.42 Å². The molecule has 0 saturated carbocycles. The smallest absolute Gasteiger partial charge is 0.178 e. The Morgan fingerprint density at radius 1 is 1.33 bits per heavy atom. The van der Waals surface area contributed by atoms with Crippen molar-refractivity contribution in [1.82, 2.24) is 15.0 Å². The molecule has 2 heterocycles. The van der Waals surface area contributed by atoms with Gasteiger partial charge in [-0.1, -0.05) is 13.0 Å². The largest absolute Gasteiger partial charge is 0.389 e. The number of nitrogens with zero attached hydrogens (tertiary/aromatic N) is 3. The highest BCUT2D eigenvalue weighted by molar-refractivity contribution is 5.54. The van der Waals surface area contributed by atoms with Gasteiger partial charge in [0.25, 0.3) is 0 Å². The number of hydrogen-bond acceptors (Lipinski definition) is 4. The quantitative estimate of drug-likeness (QED) is 0.899. The van der Waals surface area contributed by atoms with E-state index in [-0.39, 0.29) is 0 Å². The van der Waals surface area contributed by atoms with Crippen LogP contribution in [-0.4, -0.2) is 20.1 Å². The summed E-state index contributed by atoms with van der Waals surface area (Å²) in [6.45, 7) is 5.67. The Balaban J connectivity index is 2.49. The third kappa shape index (κ3) is 2.38. The van der Waals surface area contributed by atoms with E-state index in [2.05, 4.69) is 21.9 Å². The summed E-state index contributed by atoms with van der Waals surface area (Å²) in [5.41, 5.74) is 3.50. The summed E-state index contributed by atoms with van der Waals surface area (Å²) in [6.07, 6.45) is 3.77. The van der Waals surface area contributed by atoms with Crippen LogP contribution in [0.2, 0.25) is 0 Å². The van der Waals surface area contributed by atoms with Crippen molar-refractivity contribution in [3.63, 3.8) is 0 Å². The highest BCUT2D eigenvalue weighted by Gasteiger charge is 2.12. The van der Waals surface area contributed by atoms with Crippen molar-refractivity contribution in [1.29, 1.82) is 0 Å². The number of aliphatic hydroxyl groups is 1. The zero-order valence-corrected chi connectivity index (χ0v) is 10.9. The van der Waals surface area contributed by atoms with Gasteiger partial charge < -0.3 is 5.11 Å². The maximum Gasteiger partial charge on any atom is 0.178 e.